The summed E-state index contributed by atoms with van der Waals surface area (Å²) in [5.74, 6) is -3.59. The maximum Gasteiger partial charge on any atom is 0.339 e. The number of esters is 4. The van der Waals surface area contributed by atoms with Gasteiger partial charge in [-0.05, 0) is 11.1 Å². The van der Waals surface area contributed by atoms with E-state index in [4.69, 9.17) is 47.4 Å². The van der Waals surface area contributed by atoms with E-state index in [1.54, 1.807) is 24.3 Å². The summed E-state index contributed by atoms with van der Waals surface area (Å²) in [5, 5.41) is 3.97. The van der Waals surface area contributed by atoms with Gasteiger partial charge in [0, 0.05) is 31.2 Å². The van der Waals surface area contributed by atoms with Gasteiger partial charge >= 0.3 is 23.9 Å². The van der Waals surface area contributed by atoms with E-state index >= 15 is 0 Å². The van der Waals surface area contributed by atoms with Crippen LogP contribution in [0, 0.1) is 0 Å². The van der Waals surface area contributed by atoms with Gasteiger partial charge in [0.25, 0.3) is 0 Å². The maximum absolute atomic E-state index is 13.0. The topological polar surface area (TPSA) is 209 Å². The number of fused-ring (bicyclic) bond motifs is 1. The van der Waals surface area contributed by atoms with Crippen molar-refractivity contribution in [1.82, 2.24) is 0 Å². The smallest absolute Gasteiger partial charge is 0.339 e. The number of carbonyl (C=O) groups excluding carboxylic acids is 4. The highest BCUT2D eigenvalue weighted by atomic mass is 16.8. The van der Waals surface area contributed by atoms with Crippen molar-refractivity contribution in [2.45, 2.75) is 95.0 Å². The van der Waals surface area contributed by atoms with E-state index in [0.717, 1.165) is 33.4 Å². The predicted molar refractivity (Wildman–Crippen MR) is 165 cm³/mol. The number of azide groups is 1. The van der Waals surface area contributed by atoms with Gasteiger partial charge in [0.15, 0.2) is 43.3 Å². The van der Waals surface area contributed by atoms with Crippen molar-refractivity contribution >= 4 is 23.9 Å². The number of ether oxygens (including phenoxy) is 10. The molecule has 0 amide bonds. The monoisotopic (exact) mass is 699 g/mol. The zero-order chi connectivity index (χ0) is 35.8. The van der Waals surface area contributed by atoms with Crippen molar-refractivity contribution in [3.8, 4) is 0 Å². The summed E-state index contributed by atoms with van der Waals surface area (Å²) < 4.78 is 58.5. The average Bonchev–Trinajstić information content (AvgIpc) is 3.10. The third-order valence-corrected chi connectivity index (χ3v) is 7.95. The molecule has 0 spiro atoms. The lowest BCUT2D eigenvalue weighted by molar-refractivity contribution is -0.375. The van der Waals surface area contributed by atoms with Crippen molar-refractivity contribution in [3.63, 3.8) is 0 Å². The minimum atomic E-state index is -1.73. The number of methoxy groups -OCH3 is 1. The molecule has 17 nitrogen and oxygen atoms in total. The molecule has 0 bridgehead atoms. The molecule has 3 aliphatic rings. The standard InChI is InChI=1S/C33H37N3O14/c1-17(37)44-26-27(45-18(2)38)29(46-19(3)39)33(50-28(26)30(40)41-4)49-25-23(35-36-34)32(42-15-20-11-7-5-8-12-20)47-22-16-43-31(48-24(22)25)21-13-9-6-10-14-21/h5-14,22-29,31-33H,15-16H2,1-4H3/t22-,23-,24+,25-,26+,27+,28+,29-,31?,32-,33-/m1/s1. The fourth-order valence-electron chi connectivity index (χ4n) is 5.91. The second-order valence-electron chi connectivity index (χ2n) is 11.5. The molecule has 0 aliphatic carbocycles. The molecule has 50 heavy (non-hydrogen) atoms. The summed E-state index contributed by atoms with van der Waals surface area (Å²) in [6.07, 6.45) is -13.6. The number of nitrogens with zero attached hydrogens (tertiary/aromatic N) is 3. The minimum absolute atomic E-state index is 0.00739. The lowest BCUT2D eigenvalue weighted by atomic mass is 9.94. The third kappa shape index (κ3) is 8.75. The first-order chi connectivity index (χ1) is 24.1. The Balaban J connectivity index is 1.55. The predicted octanol–water partition coefficient (Wildman–Crippen LogP) is 2.80. The highest BCUT2D eigenvalue weighted by Gasteiger charge is 2.58. The molecule has 268 valence electrons. The van der Waals surface area contributed by atoms with Gasteiger partial charge in [-0.25, -0.2) is 4.79 Å². The highest BCUT2D eigenvalue weighted by molar-refractivity contribution is 5.77. The molecule has 0 N–H and O–H groups in total. The molecule has 11 atom stereocenters. The molecular formula is C33H37N3O14. The van der Waals surface area contributed by atoms with Crippen LogP contribution in [0.1, 0.15) is 38.2 Å². The van der Waals surface area contributed by atoms with E-state index in [0.29, 0.717) is 5.56 Å². The summed E-state index contributed by atoms with van der Waals surface area (Å²) in [4.78, 5) is 52.9. The maximum atomic E-state index is 13.0. The molecule has 2 aromatic carbocycles. The van der Waals surface area contributed by atoms with Crippen LogP contribution in [0.2, 0.25) is 0 Å². The van der Waals surface area contributed by atoms with Crippen molar-refractivity contribution in [1.29, 1.82) is 0 Å². The van der Waals surface area contributed by atoms with Crippen LogP contribution in [0.5, 0.6) is 0 Å². The van der Waals surface area contributed by atoms with E-state index in [1.165, 1.54) is 0 Å². The van der Waals surface area contributed by atoms with Gasteiger partial charge in [0.2, 0.25) is 0 Å². The lowest BCUT2D eigenvalue weighted by Crippen LogP contribution is -2.67. The number of benzene rings is 2. The summed E-state index contributed by atoms with van der Waals surface area (Å²) >= 11 is 0. The van der Waals surface area contributed by atoms with Gasteiger partial charge in [-0.3, -0.25) is 14.4 Å². The van der Waals surface area contributed by atoms with Crippen LogP contribution in [0.3, 0.4) is 0 Å². The molecular weight excluding hydrogens is 662 g/mol. The van der Waals surface area contributed by atoms with Gasteiger partial charge in [-0.15, -0.1) is 0 Å². The summed E-state index contributed by atoms with van der Waals surface area (Å²) in [6, 6.07) is 16.9. The van der Waals surface area contributed by atoms with Gasteiger partial charge in [-0.1, -0.05) is 65.8 Å². The number of carbonyl (C=O) groups is 4. The third-order valence-electron chi connectivity index (χ3n) is 7.95. The molecule has 3 saturated heterocycles. The Bertz CT molecular complexity index is 1540. The Morgan fingerprint density at radius 3 is 2.04 bits per heavy atom. The molecule has 0 aromatic heterocycles. The largest absolute Gasteiger partial charge is 0.467 e. The molecule has 2 aromatic rings. The van der Waals surface area contributed by atoms with Crippen molar-refractivity contribution < 1.29 is 66.5 Å². The molecule has 5 rings (SSSR count). The summed E-state index contributed by atoms with van der Waals surface area (Å²) in [5.41, 5.74) is 11.2. The molecule has 17 heteroatoms. The fourth-order valence-corrected chi connectivity index (χ4v) is 5.91. The molecule has 3 aliphatic heterocycles. The fraction of sp³-hybridized carbons (Fsp3) is 0.515. The van der Waals surface area contributed by atoms with E-state index < -0.39 is 91.5 Å². The minimum Gasteiger partial charge on any atom is -0.467 e. The van der Waals surface area contributed by atoms with E-state index in [9.17, 15) is 24.7 Å². The number of hydrogen-bond acceptors (Lipinski definition) is 15. The first-order valence-electron chi connectivity index (χ1n) is 15.7. The summed E-state index contributed by atoms with van der Waals surface area (Å²) in [6.45, 7) is 3.27. The molecule has 3 fully saturated rings. The lowest BCUT2D eigenvalue weighted by Gasteiger charge is -2.50. The molecule has 3 heterocycles. The quantitative estimate of drug-likeness (QED) is 0.109. The van der Waals surface area contributed by atoms with Crippen molar-refractivity contribution in [2.75, 3.05) is 13.7 Å². The van der Waals surface area contributed by atoms with Gasteiger partial charge in [0.05, 0.1) is 20.3 Å². The SMILES string of the molecule is COC(=O)[C@H]1O[C@@H](O[C@@H]2[C@@H](N=[N+]=[N-])[C@H](OCc3ccccc3)O[C@@H]3COC(c4ccccc4)O[C@H]23)[C@H](OC(C)=O)[C@@H](OC(C)=O)[C@@H]1OC(C)=O. The zero-order valence-corrected chi connectivity index (χ0v) is 27.6. The average molecular weight is 700 g/mol. The Morgan fingerprint density at radius 2 is 1.42 bits per heavy atom. The van der Waals surface area contributed by atoms with Crippen LogP contribution in [-0.4, -0.2) is 98.9 Å². The van der Waals surface area contributed by atoms with E-state index in [2.05, 4.69) is 10.0 Å². The van der Waals surface area contributed by atoms with Crippen LogP contribution in [-0.2, 0) is 73.2 Å². The second-order valence-corrected chi connectivity index (χ2v) is 11.5. The van der Waals surface area contributed by atoms with Crippen LogP contribution >= 0.6 is 0 Å². The van der Waals surface area contributed by atoms with Crippen LogP contribution in [0.15, 0.2) is 65.8 Å². The molecule has 0 radical (unpaired) electrons. The van der Waals surface area contributed by atoms with Crippen molar-refractivity contribution in [3.05, 3.63) is 82.2 Å². The van der Waals surface area contributed by atoms with Crippen molar-refractivity contribution in [2.24, 2.45) is 5.11 Å². The van der Waals surface area contributed by atoms with Crippen LogP contribution in [0.25, 0.3) is 10.4 Å². The Morgan fingerprint density at radius 1 is 0.800 bits per heavy atom. The molecule has 1 unspecified atom stereocenters. The number of rotatable bonds is 11. The Labute approximate surface area is 286 Å². The van der Waals surface area contributed by atoms with Gasteiger partial charge in [-0.2, -0.15) is 0 Å². The van der Waals surface area contributed by atoms with E-state index in [-0.39, 0.29) is 13.2 Å². The highest BCUT2D eigenvalue weighted by Crippen LogP contribution is 2.39. The molecule has 0 saturated carbocycles. The van der Waals surface area contributed by atoms with E-state index in [1.807, 2.05) is 36.4 Å². The first kappa shape index (κ1) is 36.7. The second kappa shape index (κ2) is 16.9. The van der Waals surface area contributed by atoms with Gasteiger partial charge in [0.1, 0.15) is 24.4 Å². The number of hydrogen-bond donors (Lipinski definition) is 0. The van der Waals surface area contributed by atoms with Gasteiger partial charge < -0.3 is 47.4 Å². The van der Waals surface area contributed by atoms with Crippen LogP contribution < -0.4 is 0 Å². The summed E-state index contributed by atoms with van der Waals surface area (Å²) in [7, 11) is 1.07. The zero-order valence-electron chi connectivity index (χ0n) is 27.6. The first-order valence-corrected chi connectivity index (χ1v) is 15.7. The van der Waals surface area contributed by atoms with Crippen LogP contribution in [0.4, 0.5) is 0 Å². The Hall–Kier alpha value is -4.61. The normalized spacial score (nSPS) is 32.0. The Kier molecular flexibility index (Phi) is 12.4.